The van der Waals surface area contributed by atoms with Crippen molar-refractivity contribution in [1.82, 2.24) is 4.90 Å². The molecule has 2 heterocycles. The van der Waals surface area contributed by atoms with Crippen LogP contribution in [0.1, 0.15) is 45.4 Å². The van der Waals surface area contributed by atoms with E-state index in [1.165, 1.54) is 6.42 Å². The number of hydrogen-bond donors (Lipinski definition) is 1. The van der Waals surface area contributed by atoms with E-state index < -0.39 is 0 Å². The van der Waals surface area contributed by atoms with Gasteiger partial charge in [-0.05, 0) is 39.0 Å². The molecular weight excluding hydrogens is 216 g/mol. The van der Waals surface area contributed by atoms with E-state index in [2.05, 4.69) is 0 Å². The van der Waals surface area contributed by atoms with Crippen molar-refractivity contribution in [2.45, 2.75) is 63.6 Å². The summed E-state index contributed by atoms with van der Waals surface area (Å²) in [7, 11) is 0. The first-order chi connectivity index (χ1) is 8.18. The van der Waals surface area contributed by atoms with Gasteiger partial charge in [0.25, 0.3) is 0 Å². The van der Waals surface area contributed by atoms with Crippen LogP contribution in [0.2, 0.25) is 0 Å². The Morgan fingerprint density at radius 2 is 2.24 bits per heavy atom. The Kier molecular flexibility index (Phi) is 4.40. The van der Waals surface area contributed by atoms with E-state index >= 15 is 0 Å². The molecule has 4 heteroatoms. The Morgan fingerprint density at radius 1 is 1.41 bits per heavy atom. The Labute approximate surface area is 103 Å². The third-order valence-electron chi connectivity index (χ3n) is 3.90. The molecule has 0 spiro atoms. The van der Waals surface area contributed by atoms with Crippen molar-refractivity contribution >= 4 is 5.91 Å². The normalized spacial score (nSPS) is 31.5. The number of nitrogens with zero attached hydrogens (tertiary/aromatic N) is 1. The minimum Gasteiger partial charge on any atom is -0.378 e. The van der Waals surface area contributed by atoms with Crippen molar-refractivity contribution in [1.29, 1.82) is 0 Å². The summed E-state index contributed by atoms with van der Waals surface area (Å²) >= 11 is 0. The smallest absolute Gasteiger partial charge is 0.225 e. The highest BCUT2D eigenvalue weighted by Crippen LogP contribution is 2.22. The number of ether oxygens (including phenoxy) is 1. The van der Waals surface area contributed by atoms with Gasteiger partial charge in [0.15, 0.2) is 0 Å². The SMILES string of the molecule is CC(N)C1CCCCN1C(=O)CC1CCCO1. The molecule has 2 fully saturated rings. The van der Waals surface area contributed by atoms with Crippen LogP contribution in [0.3, 0.4) is 0 Å². The van der Waals surface area contributed by atoms with Crippen LogP contribution in [0.25, 0.3) is 0 Å². The molecule has 0 radical (unpaired) electrons. The summed E-state index contributed by atoms with van der Waals surface area (Å²) in [4.78, 5) is 14.3. The number of likely N-dealkylation sites (tertiary alicyclic amines) is 1. The highest BCUT2D eigenvalue weighted by Gasteiger charge is 2.31. The van der Waals surface area contributed by atoms with Gasteiger partial charge >= 0.3 is 0 Å². The maximum Gasteiger partial charge on any atom is 0.225 e. The van der Waals surface area contributed by atoms with Crippen molar-refractivity contribution in [2.24, 2.45) is 5.73 Å². The third-order valence-corrected chi connectivity index (χ3v) is 3.90. The molecular formula is C13H24N2O2. The number of piperidine rings is 1. The van der Waals surface area contributed by atoms with Gasteiger partial charge < -0.3 is 15.4 Å². The third kappa shape index (κ3) is 3.19. The van der Waals surface area contributed by atoms with Crippen LogP contribution in [0.5, 0.6) is 0 Å². The standard InChI is InChI=1S/C13H24N2O2/c1-10(14)12-6-2-3-7-15(12)13(16)9-11-5-4-8-17-11/h10-12H,2-9,14H2,1H3. The molecule has 1 amide bonds. The summed E-state index contributed by atoms with van der Waals surface area (Å²) in [5, 5.41) is 0. The van der Waals surface area contributed by atoms with E-state index in [0.717, 1.165) is 38.8 Å². The van der Waals surface area contributed by atoms with Crippen LogP contribution in [0.15, 0.2) is 0 Å². The minimum atomic E-state index is 0.0729. The molecule has 0 aromatic heterocycles. The van der Waals surface area contributed by atoms with Crippen molar-refractivity contribution in [3.05, 3.63) is 0 Å². The quantitative estimate of drug-likeness (QED) is 0.808. The van der Waals surface area contributed by atoms with Gasteiger partial charge in [0.05, 0.1) is 12.5 Å². The van der Waals surface area contributed by atoms with Gasteiger partial charge in [0.2, 0.25) is 5.91 Å². The number of amides is 1. The van der Waals surface area contributed by atoms with Gasteiger partial charge in [-0.15, -0.1) is 0 Å². The van der Waals surface area contributed by atoms with Gasteiger partial charge in [-0.1, -0.05) is 0 Å². The molecule has 4 nitrogen and oxygen atoms in total. The first-order valence-corrected chi connectivity index (χ1v) is 6.85. The highest BCUT2D eigenvalue weighted by molar-refractivity contribution is 5.77. The lowest BCUT2D eigenvalue weighted by molar-refractivity contribution is -0.137. The molecule has 2 rings (SSSR count). The molecule has 2 N–H and O–H groups in total. The average molecular weight is 240 g/mol. The Bertz CT molecular complexity index is 262. The molecule has 0 aromatic rings. The fourth-order valence-corrected chi connectivity index (χ4v) is 2.93. The van der Waals surface area contributed by atoms with E-state index in [-0.39, 0.29) is 24.1 Å². The summed E-state index contributed by atoms with van der Waals surface area (Å²) < 4.78 is 5.53. The second-order valence-corrected chi connectivity index (χ2v) is 5.35. The number of rotatable bonds is 3. The van der Waals surface area contributed by atoms with E-state index in [1.54, 1.807) is 0 Å². The second-order valence-electron chi connectivity index (χ2n) is 5.35. The lowest BCUT2D eigenvalue weighted by Crippen LogP contribution is -2.52. The average Bonchev–Trinajstić information content (AvgIpc) is 2.81. The maximum absolute atomic E-state index is 12.3. The minimum absolute atomic E-state index is 0.0729. The van der Waals surface area contributed by atoms with Gasteiger partial charge in [0, 0.05) is 25.2 Å². The summed E-state index contributed by atoms with van der Waals surface area (Å²) in [6.07, 6.45) is 6.17. The molecule has 2 aliphatic heterocycles. The summed E-state index contributed by atoms with van der Waals surface area (Å²) in [5.74, 6) is 0.235. The zero-order chi connectivity index (χ0) is 12.3. The predicted molar refractivity (Wildman–Crippen MR) is 66.6 cm³/mol. The first kappa shape index (κ1) is 12.8. The molecule has 98 valence electrons. The number of hydrogen-bond acceptors (Lipinski definition) is 3. The van der Waals surface area contributed by atoms with E-state index in [4.69, 9.17) is 10.5 Å². The van der Waals surface area contributed by atoms with Gasteiger partial charge in [-0.2, -0.15) is 0 Å². The fourth-order valence-electron chi connectivity index (χ4n) is 2.93. The molecule has 0 saturated carbocycles. The van der Waals surface area contributed by atoms with Crippen molar-refractivity contribution in [3.8, 4) is 0 Å². The lowest BCUT2D eigenvalue weighted by atomic mass is 9.96. The molecule has 3 unspecified atom stereocenters. The molecule has 3 atom stereocenters. The van der Waals surface area contributed by atoms with Crippen LogP contribution in [-0.4, -0.2) is 42.1 Å². The molecule has 0 aromatic carbocycles. The summed E-state index contributed by atoms with van der Waals surface area (Å²) in [6, 6.07) is 0.307. The van der Waals surface area contributed by atoms with Crippen molar-refractivity contribution in [3.63, 3.8) is 0 Å². The van der Waals surface area contributed by atoms with Crippen molar-refractivity contribution in [2.75, 3.05) is 13.2 Å². The van der Waals surface area contributed by atoms with Crippen molar-refractivity contribution < 1.29 is 9.53 Å². The maximum atomic E-state index is 12.3. The first-order valence-electron chi connectivity index (χ1n) is 6.85. The summed E-state index contributed by atoms with van der Waals surface area (Å²) in [5.41, 5.74) is 5.98. The van der Waals surface area contributed by atoms with E-state index in [1.807, 2.05) is 11.8 Å². The van der Waals surface area contributed by atoms with E-state index in [0.29, 0.717) is 6.42 Å². The fraction of sp³-hybridized carbons (Fsp3) is 0.923. The highest BCUT2D eigenvalue weighted by atomic mass is 16.5. The zero-order valence-electron chi connectivity index (χ0n) is 10.7. The largest absolute Gasteiger partial charge is 0.378 e. The van der Waals surface area contributed by atoms with Gasteiger partial charge in [-0.3, -0.25) is 4.79 Å². The van der Waals surface area contributed by atoms with Crippen LogP contribution >= 0.6 is 0 Å². The Balaban J connectivity index is 1.90. The van der Waals surface area contributed by atoms with Gasteiger partial charge in [-0.25, -0.2) is 0 Å². The zero-order valence-corrected chi connectivity index (χ0v) is 10.7. The molecule has 2 aliphatic rings. The molecule has 17 heavy (non-hydrogen) atoms. The number of nitrogens with two attached hydrogens (primary N) is 1. The number of carbonyl (C=O) groups is 1. The molecule has 2 saturated heterocycles. The molecule has 0 aliphatic carbocycles. The van der Waals surface area contributed by atoms with Crippen LogP contribution < -0.4 is 5.73 Å². The van der Waals surface area contributed by atoms with Crippen LogP contribution in [0.4, 0.5) is 0 Å². The van der Waals surface area contributed by atoms with E-state index in [9.17, 15) is 4.79 Å². The van der Waals surface area contributed by atoms with Crippen LogP contribution in [0, 0.1) is 0 Å². The second kappa shape index (κ2) is 5.83. The Morgan fingerprint density at radius 3 is 2.88 bits per heavy atom. The topological polar surface area (TPSA) is 55.6 Å². The van der Waals surface area contributed by atoms with Crippen LogP contribution in [-0.2, 0) is 9.53 Å². The number of carbonyl (C=O) groups excluding carboxylic acids is 1. The Hall–Kier alpha value is -0.610. The lowest BCUT2D eigenvalue weighted by Gasteiger charge is -2.38. The predicted octanol–water partition coefficient (Wildman–Crippen LogP) is 1.28. The van der Waals surface area contributed by atoms with Gasteiger partial charge in [0.1, 0.15) is 0 Å². The summed E-state index contributed by atoms with van der Waals surface area (Å²) in [6.45, 7) is 3.69. The monoisotopic (exact) mass is 240 g/mol. The molecule has 0 bridgehead atoms.